The largest absolute Gasteiger partial charge is 0.490 e. The Labute approximate surface area is 177 Å². The Balaban J connectivity index is 1.79. The van der Waals surface area contributed by atoms with Crippen LogP contribution in [0.25, 0.3) is 22.4 Å². The van der Waals surface area contributed by atoms with Gasteiger partial charge in [-0.2, -0.15) is 0 Å². The Hall–Kier alpha value is -2.94. The first-order valence-corrected chi connectivity index (χ1v) is 10.5. The minimum absolute atomic E-state index is 0.231. The van der Waals surface area contributed by atoms with E-state index in [0.717, 1.165) is 41.3 Å². The number of hydrogen-bond donors (Lipinski definition) is 0. The average molecular weight is 407 g/mol. The number of unbranched alkanes of at least 4 members (excludes halogenated alkanes) is 2. The molecule has 0 aliphatic carbocycles. The molecule has 30 heavy (non-hydrogen) atoms. The van der Waals surface area contributed by atoms with E-state index in [1.165, 1.54) is 6.42 Å². The number of ether oxygens (including phenoxy) is 1. The Morgan fingerprint density at radius 3 is 2.23 bits per heavy atom. The van der Waals surface area contributed by atoms with Crippen LogP contribution in [-0.2, 0) is 6.42 Å². The topological polar surface area (TPSA) is 9.23 Å². The molecule has 0 fully saturated rings. The minimum atomic E-state index is -0.843. The Kier molecular flexibility index (Phi) is 7.78. The van der Waals surface area contributed by atoms with Crippen LogP contribution >= 0.6 is 0 Å². The number of fused-ring (bicyclic) bond motifs is 1. The van der Waals surface area contributed by atoms with Gasteiger partial charge in [-0.25, -0.2) is 8.78 Å². The van der Waals surface area contributed by atoms with Gasteiger partial charge in [-0.15, -0.1) is 0 Å². The molecule has 0 N–H and O–H groups in total. The summed E-state index contributed by atoms with van der Waals surface area (Å²) < 4.78 is 35.3. The first-order valence-electron chi connectivity index (χ1n) is 10.5. The summed E-state index contributed by atoms with van der Waals surface area (Å²) in [4.78, 5) is 0. The van der Waals surface area contributed by atoms with E-state index in [0.29, 0.717) is 6.61 Å². The van der Waals surface area contributed by atoms with Crippen molar-refractivity contribution >= 4 is 22.4 Å². The van der Waals surface area contributed by atoms with Gasteiger partial charge in [0.05, 0.1) is 0 Å². The van der Waals surface area contributed by atoms with Gasteiger partial charge < -0.3 is 4.74 Å². The molecule has 0 unspecified atom stereocenters. The molecule has 0 amide bonds. The molecule has 0 bridgehead atoms. The first kappa shape index (κ1) is 21.8. The number of benzene rings is 3. The number of aryl methyl sites for hydroxylation is 1. The third-order valence-corrected chi connectivity index (χ3v) is 5.12. The number of halogens is 2. The summed E-state index contributed by atoms with van der Waals surface area (Å²) in [6.45, 7) is 4.60. The van der Waals surface area contributed by atoms with Crippen molar-refractivity contribution in [3.05, 3.63) is 89.5 Å². The van der Waals surface area contributed by atoms with E-state index in [-0.39, 0.29) is 11.1 Å². The molecule has 0 saturated heterocycles. The number of rotatable bonds is 9. The second-order valence-electron chi connectivity index (χ2n) is 7.39. The van der Waals surface area contributed by atoms with Crippen molar-refractivity contribution in [3.63, 3.8) is 0 Å². The Morgan fingerprint density at radius 1 is 0.833 bits per heavy atom. The van der Waals surface area contributed by atoms with Crippen molar-refractivity contribution in [2.45, 2.75) is 39.5 Å². The molecule has 0 saturated carbocycles. The van der Waals surface area contributed by atoms with Crippen LogP contribution in [0.15, 0.2) is 72.8 Å². The van der Waals surface area contributed by atoms with Crippen LogP contribution < -0.4 is 4.74 Å². The summed E-state index contributed by atoms with van der Waals surface area (Å²) in [6.07, 6.45) is 8.27. The molecule has 0 atom stereocenters. The quantitative estimate of drug-likeness (QED) is 0.197. The highest BCUT2D eigenvalue weighted by atomic mass is 19.2. The van der Waals surface area contributed by atoms with Crippen LogP contribution in [0.3, 0.4) is 0 Å². The summed E-state index contributed by atoms with van der Waals surface area (Å²) in [6, 6.07) is 17.7. The van der Waals surface area contributed by atoms with Gasteiger partial charge in [0.25, 0.3) is 0 Å². The fourth-order valence-electron chi connectivity index (χ4n) is 3.34. The summed E-state index contributed by atoms with van der Waals surface area (Å²) in [5, 5.41) is 1.75. The molecule has 0 spiro atoms. The lowest BCUT2D eigenvalue weighted by molar-refractivity contribution is 0.363. The number of hydrogen-bond acceptors (Lipinski definition) is 1. The van der Waals surface area contributed by atoms with E-state index in [1.807, 2.05) is 49.4 Å². The van der Waals surface area contributed by atoms with Gasteiger partial charge in [-0.3, -0.25) is 0 Å². The summed E-state index contributed by atoms with van der Waals surface area (Å²) in [5.41, 5.74) is 1.65. The van der Waals surface area contributed by atoms with E-state index < -0.39 is 11.7 Å². The molecular weight excluding hydrogens is 378 g/mol. The van der Waals surface area contributed by atoms with E-state index in [4.69, 9.17) is 4.74 Å². The van der Waals surface area contributed by atoms with Crippen LogP contribution in [0.4, 0.5) is 8.78 Å². The third-order valence-electron chi connectivity index (χ3n) is 5.12. The Bertz CT molecular complexity index is 1030. The maximum atomic E-state index is 14.8. The lowest BCUT2D eigenvalue weighted by Gasteiger charge is -2.08. The predicted octanol–water partition coefficient (Wildman–Crippen LogP) is 8.29. The zero-order valence-electron chi connectivity index (χ0n) is 17.6. The van der Waals surface area contributed by atoms with E-state index in [1.54, 1.807) is 30.3 Å². The van der Waals surface area contributed by atoms with Crippen LogP contribution in [0.1, 0.15) is 49.8 Å². The maximum Gasteiger partial charge on any atom is 0.166 e. The average Bonchev–Trinajstić information content (AvgIpc) is 2.78. The molecule has 0 radical (unpaired) electrons. The van der Waals surface area contributed by atoms with Gasteiger partial charge in [0.2, 0.25) is 0 Å². The van der Waals surface area contributed by atoms with Crippen molar-refractivity contribution in [2.75, 3.05) is 6.61 Å². The molecule has 1 nitrogen and oxygen atoms in total. The monoisotopic (exact) mass is 406 g/mol. The SMILES string of the molecule is CC=CCOc1ccc2cc(C(F)=C(F)c3ccc(CCCCC)cc3)ccc2c1. The van der Waals surface area contributed by atoms with Gasteiger partial charge in [-0.05, 0) is 54.3 Å². The molecule has 0 heterocycles. The molecule has 3 heteroatoms. The highest BCUT2D eigenvalue weighted by molar-refractivity contribution is 5.90. The van der Waals surface area contributed by atoms with Crippen LogP contribution in [0.5, 0.6) is 5.75 Å². The Morgan fingerprint density at radius 2 is 1.50 bits per heavy atom. The van der Waals surface area contributed by atoms with Crippen LogP contribution in [0.2, 0.25) is 0 Å². The zero-order chi connectivity index (χ0) is 21.3. The molecule has 0 aromatic heterocycles. The van der Waals surface area contributed by atoms with Gasteiger partial charge in [0, 0.05) is 11.1 Å². The minimum Gasteiger partial charge on any atom is -0.490 e. The second kappa shape index (κ2) is 10.7. The summed E-state index contributed by atoms with van der Waals surface area (Å²) in [7, 11) is 0. The maximum absolute atomic E-state index is 14.8. The van der Waals surface area contributed by atoms with Gasteiger partial charge in [0.15, 0.2) is 11.7 Å². The van der Waals surface area contributed by atoms with Crippen molar-refractivity contribution < 1.29 is 13.5 Å². The van der Waals surface area contributed by atoms with Gasteiger partial charge >= 0.3 is 0 Å². The van der Waals surface area contributed by atoms with Crippen molar-refractivity contribution in [1.82, 2.24) is 0 Å². The predicted molar refractivity (Wildman–Crippen MR) is 123 cm³/mol. The van der Waals surface area contributed by atoms with Gasteiger partial charge in [-0.1, -0.05) is 74.4 Å². The molecule has 156 valence electrons. The molecule has 0 aliphatic heterocycles. The van der Waals surface area contributed by atoms with Crippen LogP contribution in [0, 0.1) is 0 Å². The van der Waals surface area contributed by atoms with Gasteiger partial charge in [0.1, 0.15) is 12.4 Å². The molecule has 3 aromatic carbocycles. The molecular formula is C27H28F2O. The molecule has 3 rings (SSSR count). The van der Waals surface area contributed by atoms with E-state index >= 15 is 0 Å². The van der Waals surface area contributed by atoms with Crippen LogP contribution in [-0.4, -0.2) is 6.61 Å². The normalized spacial score (nSPS) is 12.4. The molecule has 3 aromatic rings. The van der Waals surface area contributed by atoms with Crippen molar-refractivity contribution in [3.8, 4) is 5.75 Å². The van der Waals surface area contributed by atoms with Crippen molar-refractivity contribution in [2.24, 2.45) is 0 Å². The smallest absolute Gasteiger partial charge is 0.166 e. The standard InChI is InChI=1S/C27H28F2O/c1-3-5-7-8-20-9-11-21(12-10-20)26(28)27(29)24-14-13-23-19-25(30-17-6-4-2)16-15-22(23)18-24/h4,6,9-16,18-19H,3,5,7-8,17H2,1-2H3. The highest BCUT2D eigenvalue weighted by Crippen LogP contribution is 2.31. The number of allylic oxidation sites excluding steroid dienone is 1. The van der Waals surface area contributed by atoms with E-state index in [2.05, 4.69) is 6.92 Å². The van der Waals surface area contributed by atoms with Crippen molar-refractivity contribution in [1.29, 1.82) is 0 Å². The fourth-order valence-corrected chi connectivity index (χ4v) is 3.34. The second-order valence-corrected chi connectivity index (χ2v) is 7.39. The lowest BCUT2D eigenvalue weighted by atomic mass is 10.0. The first-order chi connectivity index (χ1) is 14.6. The lowest BCUT2D eigenvalue weighted by Crippen LogP contribution is -1.93. The zero-order valence-corrected chi connectivity index (χ0v) is 17.6. The fraction of sp³-hybridized carbons (Fsp3) is 0.259. The summed E-state index contributed by atoms with van der Waals surface area (Å²) >= 11 is 0. The third kappa shape index (κ3) is 5.56. The summed E-state index contributed by atoms with van der Waals surface area (Å²) in [5.74, 6) is -0.931. The van der Waals surface area contributed by atoms with E-state index in [9.17, 15) is 8.78 Å². The highest BCUT2D eigenvalue weighted by Gasteiger charge is 2.12. The molecule has 0 aliphatic rings.